The molecule has 1 heterocycles. The third kappa shape index (κ3) is 6.82. The number of ether oxygens (including phenoxy) is 2. The van der Waals surface area contributed by atoms with Gasteiger partial charge in [-0.15, -0.1) is 0 Å². The van der Waals surface area contributed by atoms with Gasteiger partial charge in [0.25, 0.3) is 0 Å². The molecule has 1 aliphatic carbocycles. The summed E-state index contributed by atoms with van der Waals surface area (Å²) in [4.78, 5) is 27.6. The van der Waals surface area contributed by atoms with Gasteiger partial charge in [-0.3, -0.25) is 4.98 Å². The van der Waals surface area contributed by atoms with Crippen LogP contribution in [0.1, 0.15) is 32.3 Å². The van der Waals surface area contributed by atoms with Crippen molar-refractivity contribution in [3.8, 4) is 12.1 Å². The number of carbonyl (C=O) groups is 2. The monoisotopic (exact) mass is 434 g/mol. The molecule has 32 heavy (non-hydrogen) atoms. The standard InChI is InChI=1S/C24H26N4O4/c1-4-22(29)31-11-12-32-23(30)20(16-26)18-13-24(2,3)14-21(19(18)15-25)28-10-7-17-5-8-27-9-6-17/h4-6,8-9,28H,1,7,10-14H2,2-3H3/b20-18-. The van der Waals surface area contributed by atoms with Crippen LogP contribution < -0.4 is 5.32 Å². The van der Waals surface area contributed by atoms with Gasteiger partial charge in [-0.25, -0.2) is 9.59 Å². The number of esters is 2. The first-order valence-corrected chi connectivity index (χ1v) is 10.2. The van der Waals surface area contributed by atoms with E-state index in [1.54, 1.807) is 12.4 Å². The summed E-state index contributed by atoms with van der Waals surface area (Å²) >= 11 is 0. The third-order valence-corrected chi connectivity index (χ3v) is 4.87. The number of allylic oxidation sites excluding steroid dienone is 3. The van der Waals surface area contributed by atoms with Gasteiger partial charge < -0.3 is 14.8 Å². The topological polar surface area (TPSA) is 125 Å². The summed E-state index contributed by atoms with van der Waals surface area (Å²) in [5.41, 5.74) is 2.00. The summed E-state index contributed by atoms with van der Waals surface area (Å²) in [6, 6.07) is 7.91. The Hall–Kier alpha value is -3.91. The van der Waals surface area contributed by atoms with Crippen LogP contribution in [0.15, 0.2) is 59.6 Å². The molecule has 1 aromatic heterocycles. The van der Waals surface area contributed by atoms with Crippen LogP contribution in [0.25, 0.3) is 0 Å². The molecule has 0 bridgehead atoms. The lowest BCUT2D eigenvalue weighted by Crippen LogP contribution is -2.30. The van der Waals surface area contributed by atoms with Crippen molar-refractivity contribution in [2.24, 2.45) is 5.41 Å². The van der Waals surface area contributed by atoms with Crippen molar-refractivity contribution in [2.45, 2.75) is 33.1 Å². The number of pyridine rings is 1. The van der Waals surface area contributed by atoms with Gasteiger partial charge in [0.05, 0.1) is 5.57 Å². The maximum absolute atomic E-state index is 12.5. The fourth-order valence-electron chi connectivity index (χ4n) is 3.43. The van der Waals surface area contributed by atoms with Crippen molar-refractivity contribution in [1.29, 1.82) is 10.5 Å². The third-order valence-electron chi connectivity index (χ3n) is 4.87. The van der Waals surface area contributed by atoms with Crippen LogP contribution in [0.4, 0.5) is 0 Å². The molecule has 0 atom stereocenters. The zero-order valence-electron chi connectivity index (χ0n) is 18.3. The highest BCUT2D eigenvalue weighted by Crippen LogP contribution is 2.42. The molecule has 8 heteroatoms. The van der Waals surface area contributed by atoms with E-state index >= 15 is 0 Å². The van der Waals surface area contributed by atoms with E-state index in [4.69, 9.17) is 9.47 Å². The summed E-state index contributed by atoms with van der Waals surface area (Å²) < 4.78 is 9.85. The van der Waals surface area contributed by atoms with Crippen LogP contribution in [0.3, 0.4) is 0 Å². The quantitative estimate of drug-likeness (QED) is 0.272. The highest BCUT2D eigenvalue weighted by atomic mass is 16.6. The van der Waals surface area contributed by atoms with E-state index in [0.29, 0.717) is 36.2 Å². The lowest BCUT2D eigenvalue weighted by molar-refractivity contribution is -0.146. The van der Waals surface area contributed by atoms with Gasteiger partial charge >= 0.3 is 11.9 Å². The molecule has 0 saturated carbocycles. The largest absolute Gasteiger partial charge is 0.459 e. The summed E-state index contributed by atoms with van der Waals surface area (Å²) in [6.45, 7) is 7.54. The first-order chi connectivity index (χ1) is 15.3. The highest BCUT2D eigenvalue weighted by Gasteiger charge is 2.34. The van der Waals surface area contributed by atoms with Crippen molar-refractivity contribution in [2.75, 3.05) is 19.8 Å². The van der Waals surface area contributed by atoms with Crippen LogP contribution >= 0.6 is 0 Å². The maximum atomic E-state index is 12.5. The highest BCUT2D eigenvalue weighted by molar-refractivity contribution is 5.95. The number of carbonyl (C=O) groups excluding carboxylic acids is 2. The van der Waals surface area contributed by atoms with Gasteiger partial charge in [0.1, 0.15) is 30.9 Å². The Bertz CT molecular complexity index is 1010. The Labute approximate surface area is 187 Å². The molecule has 1 aromatic rings. The lowest BCUT2D eigenvalue weighted by Gasteiger charge is -2.34. The molecule has 0 radical (unpaired) electrons. The van der Waals surface area contributed by atoms with E-state index < -0.39 is 11.9 Å². The zero-order chi connectivity index (χ0) is 23.6. The number of rotatable bonds is 9. The zero-order valence-corrected chi connectivity index (χ0v) is 18.3. The number of nitriles is 2. The molecular formula is C24H26N4O4. The molecule has 166 valence electrons. The molecular weight excluding hydrogens is 408 g/mol. The van der Waals surface area contributed by atoms with Gasteiger partial charge in [-0.1, -0.05) is 20.4 Å². The van der Waals surface area contributed by atoms with Crippen molar-refractivity contribution in [1.82, 2.24) is 10.3 Å². The Morgan fingerprint density at radius 2 is 1.91 bits per heavy atom. The first-order valence-electron chi connectivity index (χ1n) is 10.2. The van der Waals surface area contributed by atoms with E-state index in [2.05, 4.69) is 22.9 Å². The molecule has 8 nitrogen and oxygen atoms in total. The second-order valence-corrected chi connectivity index (χ2v) is 7.99. The summed E-state index contributed by atoms with van der Waals surface area (Å²) in [7, 11) is 0. The van der Waals surface area contributed by atoms with Gasteiger partial charge in [-0.2, -0.15) is 10.5 Å². The summed E-state index contributed by atoms with van der Waals surface area (Å²) in [5, 5.41) is 22.8. The minimum absolute atomic E-state index is 0.154. The fraction of sp³-hybridized carbons (Fsp3) is 0.375. The number of aromatic nitrogens is 1. The molecule has 0 fully saturated rings. The van der Waals surface area contributed by atoms with Crippen molar-refractivity contribution in [3.63, 3.8) is 0 Å². The van der Waals surface area contributed by atoms with E-state index in [1.165, 1.54) is 0 Å². The molecule has 0 amide bonds. The van der Waals surface area contributed by atoms with Crippen molar-refractivity contribution >= 4 is 11.9 Å². The number of nitrogens with one attached hydrogen (secondary N) is 1. The van der Waals surface area contributed by atoms with E-state index in [-0.39, 0.29) is 24.2 Å². The summed E-state index contributed by atoms with van der Waals surface area (Å²) in [6.07, 6.45) is 6.19. The molecule has 0 aromatic carbocycles. The van der Waals surface area contributed by atoms with Gasteiger partial charge in [0.15, 0.2) is 0 Å². The number of hydrogen-bond acceptors (Lipinski definition) is 8. The lowest BCUT2D eigenvalue weighted by atomic mass is 9.73. The Balaban J connectivity index is 2.21. The van der Waals surface area contributed by atoms with Crippen LogP contribution in [0.5, 0.6) is 0 Å². The second kappa shape index (κ2) is 11.5. The van der Waals surface area contributed by atoms with E-state index in [9.17, 15) is 20.1 Å². The summed E-state index contributed by atoms with van der Waals surface area (Å²) in [5.74, 6) is -1.48. The molecule has 1 aliphatic rings. The maximum Gasteiger partial charge on any atom is 0.349 e. The van der Waals surface area contributed by atoms with Crippen LogP contribution in [-0.4, -0.2) is 36.7 Å². The Morgan fingerprint density at radius 1 is 1.22 bits per heavy atom. The fourth-order valence-corrected chi connectivity index (χ4v) is 3.43. The number of hydrogen-bond donors (Lipinski definition) is 1. The minimum atomic E-state index is -0.848. The predicted molar refractivity (Wildman–Crippen MR) is 116 cm³/mol. The second-order valence-electron chi connectivity index (χ2n) is 7.99. The molecule has 2 rings (SSSR count). The molecule has 0 aliphatic heterocycles. The van der Waals surface area contributed by atoms with Gasteiger partial charge in [0, 0.05) is 30.7 Å². The molecule has 0 saturated heterocycles. The number of nitrogens with zero attached hydrogens (tertiary/aromatic N) is 3. The average Bonchev–Trinajstić information content (AvgIpc) is 2.77. The van der Waals surface area contributed by atoms with Crippen LogP contribution in [-0.2, 0) is 25.5 Å². The normalized spacial score (nSPS) is 16.2. The SMILES string of the molecule is C=CC(=O)OCCOC(=O)/C(C#N)=C1/CC(C)(C)CC(NCCc2ccncc2)=C1C#N. The van der Waals surface area contributed by atoms with Crippen molar-refractivity contribution < 1.29 is 19.1 Å². The van der Waals surface area contributed by atoms with Crippen LogP contribution in [0, 0.1) is 28.1 Å². The molecule has 0 unspecified atom stereocenters. The van der Waals surface area contributed by atoms with Crippen LogP contribution in [0.2, 0.25) is 0 Å². The molecule has 0 spiro atoms. The smallest absolute Gasteiger partial charge is 0.349 e. The molecule has 1 N–H and O–H groups in total. The van der Waals surface area contributed by atoms with Crippen molar-refractivity contribution in [3.05, 3.63) is 65.2 Å². The Kier molecular flexibility index (Phi) is 8.73. The predicted octanol–water partition coefficient (Wildman–Crippen LogP) is 2.90. The first kappa shape index (κ1) is 24.4. The minimum Gasteiger partial charge on any atom is -0.459 e. The van der Waals surface area contributed by atoms with E-state index in [0.717, 1.165) is 18.1 Å². The van der Waals surface area contributed by atoms with Gasteiger partial charge in [-0.05, 0) is 47.9 Å². The van der Waals surface area contributed by atoms with Gasteiger partial charge in [0.2, 0.25) is 0 Å². The van der Waals surface area contributed by atoms with E-state index in [1.807, 2.05) is 32.0 Å². The Morgan fingerprint density at radius 3 is 2.53 bits per heavy atom. The average molecular weight is 434 g/mol.